The predicted molar refractivity (Wildman–Crippen MR) is 127 cm³/mol. The van der Waals surface area contributed by atoms with Gasteiger partial charge in [-0.3, -0.25) is 9.79 Å². The van der Waals surface area contributed by atoms with Crippen LogP contribution in [0.3, 0.4) is 0 Å². The number of carbonyl (C=O) groups is 1. The zero-order valence-corrected chi connectivity index (χ0v) is 20.0. The highest BCUT2D eigenvalue weighted by Gasteiger charge is 2.15. The molecule has 1 aromatic rings. The second-order valence-corrected chi connectivity index (χ2v) is 7.14. The van der Waals surface area contributed by atoms with Crippen LogP contribution >= 0.6 is 24.0 Å². The molecule has 1 atom stereocenters. The number of ether oxygens (including phenoxy) is 2. The summed E-state index contributed by atoms with van der Waals surface area (Å²) < 4.78 is 11.1. The normalized spacial score (nSPS) is 15.6. The van der Waals surface area contributed by atoms with Crippen molar-refractivity contribution in [2.24, 2.45) is 4.99 Å². The third-order valence-electron chi connectivity index (χ3n) is 4.77. The average molecular weight is 518 g/mol. The number of nitrogens with one attached hydrogen (secondary N) is 3. The predicted octanol–water partition coefficient (Wildman–Crippen LogP) is 3.08. The van der Waals surface area contributed by atoms with Gasteiger partial charge >= 0.3 is 0 Å². The van der Waals surface area contributed by atoms with Gasteiger partial charge in [-0.25, -0.2) is 0 Å². The van der Waals surface area contributed by atoms with Crippen molar-refractivity contribution in [2.45, 2.75) is 57.6 Å². The zero-order chi connectivity index (χ0) is 20.2. The number of methoxy groups -OCH3 is 1. The minimum atomic E-state index is -0.0553. The Morgan fingerprint density at radius 3 is 2.62 bits per heavy atom. The summed E-state index contributed by atoms with van der Waals surface area (Å²) in [4.78, 5) is 16.3. The highest BCUT2D eigenvalue weighted by atomic mass is 127. The fourth-order valence-corrected chi connectivity index (χ4v) is 3.25. The largest absolute Gasteiger partial charge is 0.497 e. The molecule has 0 spiro atoms. The van der Waals surface area contributed by atoms with Gasteiger partial charge in [-0.2, -0.15) is 0 Å². The van der Waals surface area contributed by atoms with E-state index in [1.807, 2.05) is 31.2 Å². The number of halogens is 1. The van der Waals surface area contributed by atoms with Crippen LogP contribution in [0.15, 0.2) is 29.3 Å². The second kappa shape index (κ2) is 14.3. The van der Waals surface area contributed by atoms with Gasteiger partial charge in [0.1, 0.15) is 17.6 Å². The van der Waals surface area contributed by atoms with Crippen molar-refractivity contribution in [3.63, 3.8) is 0 Å². The molecule has 1 unspecified atom stereocenters. The molecule has 1 saturated carbocycles. The van der Waals surface area contributed by atoms with E-state index in [-0.39, 0.29) is 36.0 Å². The summed E-state index contributed by atoms with van der Waals surface area (Å²) >= 11 is 0. The van der Waals surface area contributed by atoms with Crippen LogP contribution in [0.2, 0.25) is 0 Å². The summed E-state index contributed by atoms with van der Waals surface area (Å²) in [6.45, 7) is 3.12. The van der Waals surface area contributed by atoms with Gasteiger partial charge in [-0.05, 0) is 31.9 Å². The molecule has 1 fully saturated rings. The maximum Gasteiger partial charge on any atom is 0.221 e. The van der Waals surface area contributed by atoms with Gasteiger partial charge in [0.25, 0.3) is 0 Å². The SMILES string of the molecule is CN=C(NCCC(=O)NC1CCCCC1)NCC(C)Oc1cccc(OC)c1.I. The highest BCUT2D eigenvalue weighted by Crippen LogP contribution is 2.20. The fourth-order valence-electron chi connectivity index (χ4n) is 3.25. The van der Waals surface area contributed by atoms with Gasteiger partial charge in [0.05, 0.1) is 13.7 Å². The van der Waals surface area contributed by atoms with Gasteiger partial charge in [-0.1, -0.05) is 25.3 Å². The van der Waals surface area contributed by atoms with Gasteiger partial charge in [0.15, 0.2) is 5.96 Å². The molecular formula is C21H35IN4O3. The van der Waals surface area contributed by atoms with Crippen LogP contribution in [0.5, 0.6) is 11.5 Å². The lowest BCUT2D eigenvalue weighted by Crippen LogP contribution is -2.43. The van der Waals surface area contributed by atoms with Crippen molar-refractivity contribution < 1.29 is 14.3 Å². The van der Waals surface area contributed by atoms with Crippen LogP contribution in [-0.2, 0) is 4.79 Å². The Kier molecular flexibility index (Phi) is 12.5. The van der Waals surface area contributed by atoms with Gasteiger partial charge in [-0.15, -0.1) is 24.0 Å². The monoisotopic (exact) mass is 518 g/mol. The fraction of sp³-hybridized carbons (Fsp3) is 0.619. The zero-order valence-electron chi connectivity index (χ0n) is 17.7. The van der Waals surface area contributed by atoms with Crippen molar-refractivity contribution in [1.29, 1.82) is 0 Å². The first-order valence-electron chi connectivity index (χ1n) is 10.1. The van der Waals surface area contributed by atoms with Crippen molar-refractivity contribution in [3.05, 3.63) is 24.3 Å². The van der Waals surface area contributed by atoms with E-state index in [1.54, 1.807) is 14.2 Å². The van der Waals surface area contributed by atoms with E-state index in [0.717, 1.165) is 24.3 Å². The Morgan fingerprint density at radius 2 is 1.93 bits per heavy atom. The quantitative estimate of drug-likeness (QED) is 0.266. The third-order valence-corrected chi connectivity index (χ3v) is 4.77. The molecule has 0 aliphatic heterocycles. The Labute approximate surface area is 191 Å². The summed E-state index contributed by atoms with van der Waals surface area (Å²) in [5, 5.41) is 9.53. The van der Waals surface area contributed by atoms with E-state index in [0.29, 0.717) is 31.5 Å². The number of aliphatic imine (C=N–C) groups is 1. The van der Waals surface area contributed by atoms with Crippen molar-refractivity contribution in [2.75, 3.05) is 27.2 Å². The van der Waals surface area contributed by atoms with Crippen molar-refractivity contribution >= 4 is 35.8 Å². The van der Waals surface area contributed by atoms with Crippen molar-refractivity contribution in [1.82, 2.24) is 16.0 Å². The lowest BCUT2D eigenvalue weighted by atomic mass is 9.95. The van der Waals surface area contributed by atoms with E-state index in [4.69, 9.17) is 9.47 Å². The molecule has 29 heavy (non-hydrogen) atoms. The summed E-state index contributed by atoms with van der Waals surface area (Å²) in [7, 11) is 3.35. The average Bonchev–Trinajstić information content (AvgIpc) is 2.71. The number of guanidine groups is 1. The van der Waals surface area contributed by atoms with E-state index in [9.17, 15) is 4.79 Å². The van der Waals surface area contributed by atoms with E-state index >= 15 is 0 Å². The number of nitrogens with zero attached hydrogens (tertiary/aromatic N) is 1. The maximum atomic E-state index is 12.1. The van der Waals surface area contributed by atoms with E-state index in [1.165, 1.54) is 19.3 Å². The Morgan fingerprint density at radius 1 is 1.21 bits per heavy atom. The minimum absolute atomic E-state index is 0. The van der Waals surface area contributed by atoms with Gasteiger partial charge in [0.2, 0.25) is 5.91 Å². The molecule has 8 heteroatoms. The topological polar surface area (TPSA) is 84.0 Å². The molecule has 0 bridgehead atoms. The molecule has 2 rings (SSSR count). The molecule has 0 aromatic heterocycles. The molecule has 3 N–H and O–H groups in total. The lowest BCUT2D eigenvalue weighted by Gasteiger charge is -2.23. The Bertz CT molecular complexity index is 636. The van der Waals surface area contributed by atoms with Crippen LogP contribution in [0.1, 0.15) is 45.4 Å². The van der Waals surface area contributed by atoms with Crippen molar-refractivity contribution in [3.8, 4) is 11.5 Å². The minimum Gasteiger partial charge on any atom is -0.497 e. The molecule has 1 aliphatic rings. The summed E-state index contributed by atoms with van der Waals surface area (Å²) in [5.74, 6) is 2.29. The maximum absolute atomic E-state index is 12.1. The van der Waals surface area contributed by atoms with Crippen LogP contribution in [0.25, 0.3) is 0 Å². The summed E-state index contributed by atoms with van der Waals surface area (Å²) in [6.07, 6.45) is 6.32. The molecule has 0 heterocycles. The number of hydrogen-bond acceptors (Lipinski definition) is 4. The third kappa shape index (κ3) is 10.0. The number of rotatable bonds is 9. The summed E-state index contributed by atoms with van der Waals surface area (Å²) in [6, 6.07) is 7.89. The Hall–Kier alpha value is -1.71. The smallest absolute Gasteiger partial charge is 0.221 e. The highest BCUT2D eigenvalue weighted by molar-refractivity contribution is 14.0. The number of benzene rings is 1. The standard InChI is InChI=1S/C21H34N4O3.HI/c1-16(28-19-11-7-10-18(14-19)27-3)15-24-21(22-2)23-13-12-20(26)25-17-8-5-4-6-9-17;/h7,10-11,14,16-17H,4-6,8-9,12-13,15H2,1-3H3,(H,25,26)(H2,22,23,24);1H. The lowest BCUT2D eigenvalue weighted by molar-refractivity contribution is -0.121. The molecule has 164 valence electrons. The molecular weight excluding hydrogens is 483 g/mol. The Balaban J connectivity index is 0.00000420. The molecule has 7 nitrogen and oxygen atoms in total. The van der Waals surface area contributed by atoms with Crippen LogP contribution in [0.4, 0.5) is 0 Å². The van der Waals surface area contributed by atoms with E-state index < -0.39 is 0 Å². The number of carbonyl (C=O) groups excluding carboxylic acids is 1. The molecule has 1 amide bonds. The van der Waals surface area contributed by atoms with Crippen LogP contribution in [-0.4, -0.2) is 51.3 Å². The van der Waals surface area contributed by atoms with Gasteiger partial charge < -0.3 is 25.4 Å². The van der Waals surface area contributed by atoms with Gasteiger partial charge in [0, 0.05) is 32.1 Å². The molecule has 0 saturated heterocycles. The second-order valence-electron chi connectivity index (χ2n) is 7.14. The van der Waals surface area contributed by atoms with Crippen LogP contribution in [0, 0.1) is 0 Å². The first kappa shape index (κ1) is 25.3. The molecule has 1 aromatic carbocycles. The first-order chi connectivity index (χ1) is 13.6. The van der Waals surface area contributed by atoms with E-state index in [2.05, 4.69) is 20.9 Å². The first-order valence-corrected chi connectivity index (χ1v) is 10.1. The number of hydrogen-bond donors (Lipinski definition) is 3. The molecule has 0 radical (unpaired) electrons. The van der Waals surface area contributed by atoms with Crippen LogP contribution < -0.4 is 25.4 Å². The number of amides is 1. The molecule has 1 aliphatic carbocycles. The summed E-state index contributed by atoms with van der Waals surface area (Å²) in [5.41, 5.74) is 0.